The average molecular weight is 350 g/mol. The lowest BCUT2D eigenvalue weighted by atomic mass is 10.00. The van der Waals surface area contributed by atoms with Crippen LogP contribution in [0.3, 0.4) is 0 Å². The van der Waals surface area contributed by atoms with Crippen LogP contribution in [0.5, 0.6) is 5.75 Å². The van der Waals surface area contributed by atoms with Crippen molar-refractivity contribution in [1.82, 2.24) is 15.3 Å². The van der Waals surface area contributed by atoms with E-state index in [9.17, 15) is 0 Å². The van der Waals surface area contributed by atoms with Gasteiger partial charge in [0, 0.05) is 34.7 Å². The summed E-state index contributed by atoms with van der Waals surface area (Å²) in [6, 6.07) is 4.29. The van der Waals surface area contributed by atoms with E-state index in [0.717, 1.165) is 35.2 Å². The first-order valence-corrected chi connectivity index (χ1v) is 7.84. The Hall–Kier alpha value is -1.46. The van der Waals surface area contributed by atoms with Crippen LogP contribution in [0.15, 0.2) is 41.4 Å². The van der Waals surface area contributed by atoms with Crippen LogP contribution >= 0.6 is 15.9 Å². The molecule has 0 aromatic carbocycles. The van der Waals surface area contributed by atoms with Crippen LogP contribution in [0.4, 0.5) is 0 Å². The molecule has 1 N–H and O–H groups in total. The zero-order valence-electron chi connectivity index (χ0n) is 12.3. The number of nitrogens with one attached hydrogen (secondary N) is 1. The summed E-state index contributed by atoms with van der Waals surface area (Å²) >= 11 is 3.47. The molecule has 2 aromatic rings. The first-order chi connectivity index (χ1) is 10.2. The Morgan fingerprint density at radius 2 is 2.14 bits per heavy atom. The lowest BCUT2D eigenvalue weighted by Gasteiger charge is -2.21. The van der Waals surface area contributed by atoms with Crippen molar-refractivity contribution < 1.29 is 4.74 Å². The van der Waals surface area contributed by atoms with E-state index < -0.39 is 0 Å². The molecule has 1 atom stereocenters. The van der Waals surface area contributed by atoms with E-state index in [1.54, 1.807) is 25.7 Å². The van der Waals surface area contributed by atoms with Gasteiger partial charge in [-0.1, -0.05) is 6.92 Å². The van der Waals surface area contributed by atoms with Gasteiger partial charge in [-0.15, -0.1) is 0 Å². The first kappa shape index (κ1) is 15.9. The van der Waals surface area contributed by atoms with Gasteiger partial charge in [0.25, 0.3) is 0 Å². The molecule has 4 nitrogen and oxygen atoms in total. The van der Waals surface area contributed by atoms with Crippen molar-refractivity contribution in [3.63, 3.8) is 0 Å². The van der Waals surface area contributed by atoms with Crippen molar-refractivity contribution in [3.8, 4) is 5.75 Å². The van der Waals surface area contributed by atoms with Crippen molar-refractivity contribution in [2.24, 2.45) is 0 Å². The molecule has 112 valence electrons. The highest BCUT2D eigenvalue weighted by Gasteiger charge is 2.16. The lowest BCUT2D eigenvalue weighted by molar-refractivity contribution is 0.396. The van der Waals surface area contributed by atoms with Gasteiger partial charge in [-0.2, -0.15) is 0 Å². The quantitative estimate of drug-likeness (QED) is 0.830. The molecule has 2 heterocycles. The van der Waals surface area contributed by atoms with Crippen molar-refractivity contribution in [2.75, 3.05) is 13.7 Å². The van der Waals surface area contributed by atoms with E-state index in [0.29, 0.717) is 0 Å². The van der Waals surface area contributed by atoms with Crippen molar-refractivity contribution in [2.45, 2.75) is 25.8 Å². The molecule has 2 aromatic heterocycles. The summed E-state index contributed by atoms with van der Waals surface area (Å²) in [6.45, 7) is 3.12. The Bertz CT molecular complexity index is 577. The van der Waals surface area contributed by atoms with Gasteiger partial charge in [0.2, 0.25) is 0 Å². The van der Waals surface area contributed by atoms with E-state index in [-0.39, 0.29) is 6.04 Å². The lowest BCUT2D eigenvalue weighted by Crippen LogP contribution is -2.24. The van der Waals surface area contributed by atoms with Crippen LogP contribution < -0.4 is 10.1 Å². The highest BCUT2D eigenvalue weighted by Crippen LogP contribution is 2.27. The number of pyridine rings is 2. The van der Waals surface area contributed by atoms with Crippen LogP contribution in [0.25, 0.3) is 0 Å². The standard InChI is InChI=1S/C16H20BrN3O/c1-3-5-20-15(8-12-7-13(17)10-19-9-12)14-4-6-18-11-16(14)21-2/h4,6-7,9-11,15,20H,3,5,8H2,1-2H3. The summed E-state index contributed by atoms with van der Waals surface area (Å²) in [5.41, 5.74) is 2.30. The zero-order valence-corrected chi connectivity index (χ0v) is 13.9. The third kappa shape index (κ3) is 4.51. The average Bonchev–Trinajstić information content (AvgIpc) is 2.51. The van der Waals surface area contributed by atoms with Gasteiger partial charge >= 0.3 is 0 Å². The Kier molecular flexibility index (Phi) is 6.14. The molecule has 0 saturated heterocycles. The summed E-state index contributed by atoms with van der Waals surface area (Å²) in [5.74, 6) is 0.814. The first-order valence-electron chi connectivity index (χ1n) is 7.05. The molecule has 0 spiro atoms. The number of nitrogens with zero attached hydrogens (tertiary/aromatic N) is 2. The van der Waals surface area contributed by atoms with Gasteiger partial charge in [0.1, 0.15) is 5.75 Å². The number of rotatable bonds is 7. The largest absolute Gasteiger partial charge is 0.495 e. The molecule has 0 aliphatic rings. The normalized spacial score (nSPS) is 12.1. The van der Waals surface area contributed by atoms with Crippen LogP contribution in [0.2, 0.25) is 0 Å². The van der Waals surface area contributed by atoms with Gasteiger partial charge in [0.05, 0.1) is 13.3 Å². The molecular formula is C16H20BrN3O. The minimum Gasteiger partial charge on any atom is -0.495 e. The summed E-state index contributed by atoms with van der Waals surface area (Å²) in [6.07, 6.45) is 9.20. The minimum atomic E-state index is 0.180. The van der Waals surface area contributed by atoms with Crippen LogP contribution in [0.1, 0.15) is 30.5 Å². The topological polar surface area (TPSA) is 47.0 Å². The SMILES string of the molecule is CCCNC(Cc1cncc(Br)c1)c1ccncc1OC. The smallest absolute Gasteiger partial charge is 0.141 e. The van der Waals surface area contributed by atoms with Gasteiger partial charge in [-0.05, 0) is 53.0 Å². The minimum absolute atomic E-state index is 0.180. The molecule has 0 aliphatic carbocycles. The van der Waals surface area contributed by atoms with Crippen molar-refractivity contribution in [1.29, 1.82) is 0 Å². The monoisotopic (exact) mass is 349 g/mol. The maximum Gasteiger partial charge on any atom is 0.141 e. The van der Waals surface area contributed by atoms with Crippen molar-refractivity contribution >= 4 is 15.9 Å². The molecule has 1 unspecified atom stereocenters. The number of hydrogen-bond donors (Lipinski definition) is 1. The Morgan fingerprint density at radius 3 is 2.86 bits per heavy atom. The molecular weight excluding hydrogens is 330 g/mol. The van der Waals surface area contributed by atoms with Crippen molar-refractivity contribution in [3.05, 3.63) is 52.5 Å². The van der Waals surface area contributed by atoms with Gasteiger partial charge < -0.3 is 10.1 Å². The Labute approximate surface area is 134 Å². The van der Waals surface area contributed by atoms with Gasteiger partial charge in [0.15, 0.2) is 0 Å². The third-order valence-electron chi connectivity index (χ3n) is 3.25. The summed E-state index contributed by atoms with van der Waals surface area (Å²) in [5, 5.41) is 3.58. The predicted octanol–water partition coefficient (Wildman–Crippen LogP) is 3.53. The molecule has 5 heteroatoms. The second kappa shape index (κ2) is 8.10. The second-order valence-corrected chi connectivity index (χ2v) is 5.76. The Balaban J connectivity index is 2.25. The van der Waals surface area contributed by atoms with E-state index in [2.05, 4.69) is 44.2 Å². The molecule has 0 aliphatic heterocycles. The third-order valence-corrected chi connectivity index (χ3v) is 3.69. The highest BCUT2D eigenvalue weighted by molar-refractivity contribution is 9.10. The number of methoxy groups -OCH3 is 1. The molecule has 0 fully saturated rings. The van der Waals surface area contributed by atoms with E-state index >= 15 is 0 Å². The number of aromatic nitrogens is 2. The fraction of sp³-hybridized carbons (Fsp3) is 0.375. The molecule has 0 amide bonds. The maximum atomic E-state index is 5.44. The van der Waals surface area contributed by atoms with Crippen LogP contribution in [-0.4, -0.2) is 23.6 Å². The van der Waals surface area contributed by atoms with E-state index in [4.69, 9.17) is 4.74 Å². The zero-order chi connectivity index (χ0) is 15.1. The fourth-order valence-electron chi connectivity index (χ4n) is 2.26. The van der Waals surface area contributed by atoms with E-state index in [1.165, 1.54) is 5.56 Å². The molecule has 0 saturated carbocycles. The van der Waals surface area contributed by atoms with Crippen LogP contribution in [-0.2, 0) is 6.42 Å². The second-order valence-electron chi connectivity index (χ2n) is 4.84. The molecule has 0 bridgehead atoms. The van der Waals surface area contributed by atoms with E-state index in [1.807, 2.05) is 12.3 Å². The highest BCUT2D eigenvalue weighted by atomic mass is 79.9. The summed E-state index contributed by atoms with van der Waals surface area (Å²) in [7, 11) is 1.68. The van der Waals surface area contributed by atoms with Gasteiger partial charge in [-0.25, -0.2) is 0 Å². The Morgan fingerprint density at radius 1 is 1.29 bits per heavy atom. The molecule has 21 heavy (non-hydrogen) atoms. The summed E-state index contributed by atoms with van der Waals surface area (Å²) < 4.78 is 6.44. The number of hydrogen-bond acceptors (Lipinski definition) is 4. The van der Waals surface area contributed by atoms with Gasteiger partial charge in [-0.3, -0.25) is 9.97 Å². The van der Waals surface area contributed by atoms with Crippen LogP contribution in [0, 0.1) is 0 Å². The predicted molar refractivity (Wildman–Crippen MR) is 87.5 cm³/mol. The number of halogens is 1. The maximum absolute atomic E-state index is 5.44. The summed E-state index contributed by atoms with van der Waals surface area (Å²) in [4.78, 5) is 8.36. The molecule has 0 radical (unpaired) electrons. The fourth-order valence-corrected chi connectivity index (χ4v) is 2.68. The number of ether oxygens (including phenoxy) is 1. The molecule has 2 rings (SSSR count).